The number of carbonyl (C=O) groups excluding carboxylic acids is 1. The van der Waals surface area contributed by atoms with Gasteiger partial charge >= 0.3 is 0 Å². The molecule has 1 amide bonds. The van der Waals surface area contributed by atoms with Gasteiger partial charge < -0.3 is 14.4 Å². The van der Waals surface area contributed by atoms with E-state index in [-0.39, 0.29) is 5.60 Å². The van der Waals surface area contributed by atoms with Gasteiger partial charge in [0.25, 0.3) is 0 Å². The summed E-state index contributed by atoms with van der Waals surface area (Å²) in [6, 6.07) is 0. The molecule has 2 aliphatic heterocycles. The summed E-state index contributed by atoms with van der Waals surface area (Å²) in [5.74, 6) is 2.17. The van der Waals surface area contributed by atoms with Gasteiger partial charge in [0.05, 0.1) is 31.6 Å². The first-order chi connectivity index (χ1) is 12.1. The van der Waals surface area contributed by atoms with Crippen LogP contribution in [0.25, 0.3) is 0 Å². The fourth-order valence-electron chi connectivity index (χ4n) is 3.96. The Kier molecular flexibility index (Phi) is 4.63. The quantitative estimate of drug-likeness (QED) is 0.792. The minimum Gasteiger partial charge on any atom is -0.477 e. The molecule has 1 aliphatic carbocycles. The predicted molar refractivity (Wildman–Crippen MR) is 92.2 cm³/mol. The molecule has 6 heteroatoms. The van der Waals surface area contributed by atoms with Crippen molar-refractivity contribution in [1.82, 2.24) is 14.9 Å². The van der Waals surface area contributed by atoms with Crippen LogP contribution in [0.4, 0.5) is 0 Å². The second-order valence-electron chi connectivity index (χ2n) is 7.92. The third-order valence-corrected chi connectivity index (χ3v) is 5.57. The second-order valence-corrected chi connectivity index (χ2v) is 7.92. The summed E-state index contributed by atoms with van der Waals surface area (Å²) >= 11 is 0. The molecule has 0 radical (unpaired) electrons. The number of carbonyl (C=O) groups is 1. The van der Waals surface area contributed by atoms with Crippen LogP contribution in [0.5, 0.6) is 5.88 Å². The third kappa shape index (κ3) is 4.11. The van der Waals surface area contributed by atoms with E-state index >= 15 is 0 Å². The standard InChI is InChI=1S/C19H27N3O3/c1-14-10-20-11-17(21-14)24-6-4-16-5-7-25-19(9-16)12-22(13-19)18(23)8-15-2-3-15/h10-11,15-16H,2-9,12-13H2,1H3/t16-/m0/s1. The molecular weight excluding hydrogens is 318 g/mol. The van der Waals surface area contributed by atoms with Crippen molar-refractivity contribution in [3.05, 3.63) is 18.1 Å². The van der Waals surface area contributed by atoms with Crippen LogP contribution in [0.15, 0.2) is 12.4 Å². The van der Waals surface area contributed by atoms with E-state index < -0.39 is 0 Å². The lowest BCUT2D eigenvalue weighted by Crippen LogP contribution is -2.66. The topological polar surface area (TPSA) is 64.6 Å². The zero-order valence-electron chi connectivity index (χ0n) is 14.9. The Bertz CT molecular complexity index is 626. The first-order valence-corrected chi connectivity index (χ1v) is 9.45. The molecule has 1 aromatic rings. The number of nitrogens with zero attached hydrogens (tertiary/aromatic N) is 3. The SMILES string of the molecule is Cc1cncc(OCC[C@H]2CCOC3(C2)CN(C(=O)CC2CC2)C3)n1. The lowest BCUT2D eigenvalue weighted by molar-refractivity contribution is -0.189. The van der Waals surface area contributed by atoms with Crippen molar-refractivity contribution in [3.8, 4) is 5.88 Å². The number of ether oxygens (including phenoxy) is 2. The van der Waals surface area contributed by atoms with Gasteiger partial charge in [-0.2, -0.15) is 0 Å². The van der Waals surface area contributed by atoms with Crippen LogP contribution in [0.3, 0.4) is 0 Å². The highest BCUT2D eigenvalue weighted by atomic mass is 16.5. The number of hydrogen-bond donors (Lipinski definition) is 0. The van der Waals surface area contributed by atoms with Gasteiger partial charge in [-0.05, 0) is 50.9 Å². The van der Waals surface area contributed by atoms with Gasteiger partial charge in [0, 0.05) is 19.2 Å². The molecule has 0 aromatic carbocycles. The maximum atomic E-state index is 12.2. The average molecular weight is 345 g/mol. The Morgan fingerprint density at radius 3 is 2.92 bits per heavy atom. The first kappa shape index (κ1) is 16.8. The summed E-state index contributed by atoms with van der Waals surface area (Å²) in [5.41, 5.74) is 0.776. The molecule has 2 saturated heterocycles. The highest BCUT2D eigenvalue weighted by molar-refractivity contribution is 5.78. The van der Waals surface area contributed by atoms with Crippen LogP contribution in [0.2, 0.25) is 0 Å². The van der Waals surface area contributed by atoms with E-state index in [1.165, 1.54) is 12.8 Å². The lowest BCUT2D eigenvalue weighted by atomic mass is 9.79. The number of likely N-dealkylation sites (tertiary alicyclic amines) is 1. The zero-order chi connectivity index (χ0) is 17.3. The molecule has 0 unspecified atom stereocenters. The van der Waals surface area contributed by atoms with Crippen LogP contribution in [-0.4, -0.2) is 52.7 Å². The van der Waals surface area contributed by atoms with Gasteiger partial charge in [0.15, 0.2) is 0 Å². The van der Waals surface area contributed by atoms with Crippen molar-refractivity contribution in [2.75, 3.05) is 26.3 Å². The molecule has 4 rings (SSSR count). The van der Waals surface area contributed by atoms with Crippen LogP contribution >= 0.6 is 0 Å². The number of hydrogen-bond acceptors (Lipinski definition) is 5. The zero-order valence-corrected chi connectivity index (χ0v) is 14.9. The monoisotopic (exact) mass is 345 g/mol. The molecule has 0 bridgehead atoms. The van der Waals surface area contributed by atoms with Crippen LogP contribution < -0.4 is 4.74 Å². The van der Waals surface area contributed by atoms with Gasteiger partial charge in [-0.25, -0.2) is 4.98 Å². The van der Waals surface area contributed by atoms with E-state index in [0.29, 0.717) is 30.2 Å². The van der Waals surface area contributed by atoms with E-state index in [9.17, 15) is 4.79 Å². The van der Waals surface area contributed by atoms with Gasteiger partial charge in [0.2, 0.25) is 11.8 Å². The van der Waals surface area contributed by atoms with Gasteiger partial charge in [-0.1, -0.05) is 0 Å². The average Bonchev–Trinajstić information content (AvgIpc) is 3.37. The Balaban J connectivity index is 1.21. The van der Waals surface area contributed by atoms with Crippen molar-refractivity contribution in [1.29, 1.82) is 0 Å². The van der Waals surface area contributed by atoms with Crippen LogP contribution in [0, 0.1) is 18.8 Å². The van der Waals surface area contributed by atoms with Crippen molar-refractivity contribution in [2.45, 2.75) is 51.0 Å². The highest BCUT2D eigenvalue weighted by Crippen LogP contribution is 2.40. The van der Waals surface area contributed by atoms with Crippen molar-refractivity contribution >= 4 is 5.91 Å². The number of amides is 1. The summed E-state index contributed by atoms with van der Waals surface area (Å²) < 4.78 is 11.8. The molecule has 3 fully saturated rings. The molecule has 1 aromatic heterocycles. The van der Waals surface area contributed by atoms with Gasteiger partial charge in [0.1, 0.15) is 5.60 Å². The molecule has 25 heavy (non-hydrogen) atoms. The number of rotatable bonds is 6. The van der Waals surface area contributed by atoms with Crippen LogP contribution in [0.1, 0.15) is 44.2 Å². The van der Waals surface area contributed by atoms with Crippen molar-refractivity contribution in [3.63, 3.8) is 0 Å². The molecule has 1 saturated carbocycles. The Morgan fingerprint density at radius 2 is 2.16 bits per heavy atom. The normalized spacial score (nSPS) is 24.8. The van der Waals surface area contributed by atoms with E-state index in [1.54, 1.807) is 12.4 Å². The molecule has 6 nitrogen and oxygen atoms in total. The molecule has 1 atom stereocenters. The smallest absolute Gasteiger partial charge is 0.232 e. The maximum Gasteiger partial charge on any atom is 0.232 e. The van der Waals surface area contributed by atoms with E-state index in [0.717, 1.165) is 51.1 Å². The summed E-state index contributed by atoms with van der Waals surface area (Å²) in [4.78, 5) is 22.6. The summed E-state index contributed by atoms with van der Waals surface area (Å²) in [7, 11) is 0. The first-order valence-electron chi connectivity index (χ1n) is 9.45. The fraction of sp³-hybridized carbons (Fsp3) is 0.737. The van der Waals surface area contributed by atoms with Crippen molar-refractivity contribution < 1.29 is 14.3 Å². The van der Waals surface area contributed by atoms with Gasteiger partial charge in [-0.15, -0.1) is 0 Å². The third-order valence-electron chi connectivity index (χ3n) is 5.57. The Labute approximate surface area is 148 Å². The largest absolute Gasteiger partial charge is 0.477 e. The molecular formula is C19H27N3O3. The predicted octanol–water partition coefficient (Wildman–Crippen LogP) is 2.36. The van der Waals surface area contributed by atoms with Crippen molar-refractivity contribution in [2.24, 2.45) is 11.8 Å². The molecule has 3 heterocycles. The maximum absolute atomic E-state index is 12.2. The van der Waals surface area contributed by atoms with E-state index in [4.69, 9.17) is 9.47 Å². The Hall–Kier alpha value is -1.69. The van der Waals surface area contributed by atoms with Crippen LogP contribution in [-0.2, 0) is 9.53 Å². The minimum atomic E-state index is -0.0920. The van der Waals surface area contributed by atoms with E-state index in [1.807, 2.05) is 11.8 Å². The molecule has 136 valence electrons. The van der Waals surface area contributed by atoms with Gasteiger partial charge in [-0.3, -0.25) is 9.78 Å². The minimum absolute atomic E-state index is 0.0920. The summed E-state index contributed by atoms with van der Waals surface area (Å²) in [6.45, 7) is 4.91. The molecule has 0 N–H and O–H groups in total. The fourth-order valence-corrected chi connectivity index (χ4v) is 3.96. The second kappa shape index (κ2) is 6.90. The highest BCUT2D eigenvalue weighted by Gasteiger charge is 2.49. The molecule has 1 spiro atoms. The molecule has 3 aliphatic rings. The summed E-state index contributed by atoms with van der Waals surface area (Å²) in [6.07, 6.45) is 9.68. The summed E-state index contributed by atoms with van der Waals surface area (Å²) in [5, 5.41) is 0. The van der Waals surface area contributed by atoms with E-state index in [2.05, 4.69) is 9.97 Å². The Morgan fingerprint density at radius 1 is 1.32 bits per heavy atom. The number of aryl methyl sites for hydroxylation is 1. The number of aromatic nitrogens is 2. The lowest BCUT2D eigenvalue weighted by Gasteiger charge is -2.53.